The molecule has 2 nitrogen and oxygen atoms in total. The summed E-state index contributed by atoms with van der Waals surface area (Å²) in [4.78, 5) is 15.2. The van der Waals surface area contributed by atoms with Gasteiger partial charge in [0.15, 0.2) is 10.3 Å². The molecule has 0 amide bonds. The molecule has 0 N–H and O–H groups in total. The summed E-state index contributed by atoms with van der Waals surface area (Å²) >= 11 is 6.91. The van der Waals surface area contributed by atoms with Crippen LogP contribution < -0.4 is 0 Å². The molecule has 1 aromatic heterocycles. The van der Waals surface area contributed by atoms with Crippen molar-refractivity contribution in [3.8, 4) is 0 Å². The minimum absolute atomic E-state index is 0.0227. The van der Waals surface area contributed by atoms with Crippen LogP contribution in [-0.4, -0.2) is 10.8 Å². The molecule has 0 radical (unpaired) electrons. The van der Waals surface area contributed by atoms with E-state index in [9.17, 15) is 4.79 Å². The van der Waals surface area contributed by atoms with Crippen molar-refractivity contribution in [2.24, 2.45) is 0 Å². The predicted molar refractivity (Wildman–Crippen MR) is 46.8 cm³/mol. The Morgan fingerprint density at radius 2 is 2.55 bits per heavy atom. The van der Waals surface area contributed by atoms with E-state index in [2.05, 4.69) is 4.98 Å². The second kappa shape index (κ2) is 3.64. The number of nitrogens with zero attached hydrogens (tertiary/aromatic N) is 1. The van der Waals surface area contributed by atoms with Crippen LogP contribution in [0.4, 0.5) is 0 Å². The van der Waals surface area contributed by atoms with Crippen LogP contribution in [0.1, 0.15) is 11.8 Å². The van der Waals surface area contributed by atoms with Crippen LogP contribution in [0.25, 0.3) is 6.08 Å². The highest BCUT2D eigenvalue weighted by atomic mass is 35.5. The van der Waals surface area contributed by atoms with Crippen molar-refractivity contribution >= 4 is 34.8 Å². The smallest absolute Gasteiger partial charge is 0.184 e. The van der Waals surface area contributed by atoms with Gasteiger partial charge in [0.1, 0.15) is 0 Å². The fourth-order valence-electron chi connectivity index (χ4n) is 0.541. The molecule has 0 aliphatic carbocycles. The number of hydrogen-bond donors (Lipinski definition) is 0. The van der Waals surface area contributed by atoms with Gasteiger partial charge in [-0.15, -0.1) is 11.3 Å². The number of allylic oxidation sites excluding steroid dienone is 1. The summed E-state index contributed by atoms with van der Waals surface area (Å²) in [6.45, 7) is 1.50. The molecule has 0 unspecified atom stereocenters. The minimum Gasteiger partial charge on any atom is -0.295 e. The van der Waals surface area contributed by atoms with Gasteiger partial charge in [0.2, 0.25) is 0 Å². The van der Waals surface area contributed by atoms with E-state index < -0.39 is 0 Å². The molecule has 0 bridgehead atoms. The number of aromatic nitrogens is 1. The summed E-state index contributed by atoms with van der Waals surface area (Å²) in [5.74, 6) is 0.0227. The van der Waals surface area contributed by atoms with Crippen molar-refractivity contribution in [1.82, 2.24) is 4.98 Å². The van der Waals surface area contributed by atoms with Crippen LogP contribution >= 0.6 is 22.9 Å². The van der Waals surface area contributed by atoms with E-state index in [1.54, 1.807) is 12.3 Å². The van der Waals surface area contributed by atoms with Gasteiger partial charge in [-0.25, -0.2) is 4.98 Å². The monoisotopic (exact) mass is 187 g/mol. The molecule has 0 fully saturated rings. The summed E-state index contributed by atoms with van der Waals surface area (Å²) in [5, 5.41) is 0. The molecular formula is C7H6ClNOS. The Kier molecular flexibility index (Phi) is 2.79. The van der Waals surface area contributed by atoms with Gasteiger partial charge < -0.3 is 0 Å². The zero-order chi connectivity index (χ0) is 8.27. The zero-order valence-electron chi connectivity index (χ0n) is 5.87. The quantitative estimate of drug-likeness (QED) is 0.666. The van der Waals surface area contributed by atoms with Crippen molar-refractivity contribution < 1.29 is 4.79 Å². The van der Waals surface area contributed by atoms with Crippen molar-refractivity contribution in [2.75, 3.05) is 0 Å². The fourth-order valence-corrected chi connectivity index (χ4v) is 1.40. The van der Waals surface area contributed by atoms with E-state index in [0.717, 1.165) is 4.88 Å². The Morgan fingerprint density at radius 3 is 3.00 bits per heavy atom. The molecule has 58 valence electrons. The fraction of sp³-hybridized carbons (Fsp3) is 0.143. The van der Waals surface area contributed by atoms with E-state index >= 15 is 0 Å². The Labute approximate surface area is 73.5 Å². The van der Waals surface area contributed by atoms with E-state index in [1.165, 1.54) is 24.3 Å². The lowest BCUT2D eigenvalue weighted by Gasteiger charge is -1.78. The number of carbonyl (C=O) groups is 1. The average Bonchev–Trinajstić information content (AvgIpc) is 2.31. The highest BCUT2D eigenvalue weighted by Gasteiger charge is 1.93. The number of carbonyl (C=O) groups excluding carboxylic acids is 1. The van der Waals surface area contributed by atoms with Gasteiger partial charge in [0, 0.05) is 11.1 Å². The largest absolute Gasteiger partial charge is 0.295 e. The summed E-state index contributed by atoms with van der Waals surface area (Å²) in [6.07, 6.45) is 4.82. The van der Waals surface area contributed by atoms with Crippen molar-refractivity contribution in [3.63, 3.8) is 0 Å². The predicted octanol–water partition coefficient (Wildman–Crippen LogP) is 2.40. The van der Waals surface area contributed by atoms with Gasteiger partial charge in [-0.1, -0.05) is 11.6 Å². The van der Waals surface area contributed by atoms with Gasteiger partial charge in [-0.3, -0.25) is 4.79 Å². The molecule has 0 aliphatic rings. The lowest BCUT2D eigenvalue weighted by Crippen LogP contribution is -1.77. The van der Waals surface area contributed by atoms with Gasteiger partial charge in [-0.05, 0) is 19.1 Å². The number of halogens is 1. The number of ketones is 1. The van der Waals surface area contributed by atoms with E-state index in [0.29, 0.717) is 4.47 Å². The molecule has 0 saturated carbocycles. The summed E-state index contributed by atoms with van der Waals surface area (Å²) in [6, 6.07) is 0. The Bertz CT molecular complexity index is 292. The number of thiazole rings is 1. The van der Waals surface area contributed by atoms with Crippen LogP contribution in [-0.2, 0) is 4.79 Å². The summed E-state index contributed by atoms with van der Waals surface area (Å²) < 4.78 is 0.494. The number of hydrogen-bond acceptors (Lipinski definition) is 3. The molecule has 0 aromatic carbocycles. The SMILES string of the molecule is CC(=O)/C=C/c1cnc(Cl)s1. The maximum atomic E-state index is 10.5. The molecule has 0 saturated heterocycles. The third kappa shape index (κ3) is 2.82. The third-order valence-electron chi connectivity index (χ3n) is 0.978. The zero-order valence-corrected chi connectivity index (χ0v) is 7.45. The average molecular weight is 188 g/mol. The molecule has 4 heteroatoms. The topological polar surface area (TPSA) is 30.0 Å². The molecule has 1 rings (SSSR count). The third-order valence-corrected chi connectivity index (χ3v) is 2.06. The first kappa shape index (κ1) is 8.43. The Morgan fingerprint density at radius 1 is 1.82 bits per heavy atom. The van der Waals surface area contributed by atoms with E-state index in [4.69, 9.17) is 11.6 Å². The molecule has 0 spiro atoms. The second-order valence-electron chi connectivity index (χ2n) is 1.96. The van der Waals surface area contributed by atoms with Crippen LogP contribution in [0, 0.1) is 0 Å². The summed E-state index contributed by atoms with van der Waals surface area (Å²) in [7, 11) is 0. The minimum atomic E-state index is 0.0227. The van der Waals surface area contributed by atoms with Crippen LogP contribution in [0.5, 0.6) is 0 Å². The van der Waals surface area contributed by atoms with Crippen molar-refractivity contribution in [2.45, 2.75) is 6.92 Å². The normalized spacial score (nSPS) is 10.7. The molecule has 11 heavy (non-hydrogen) atoms. The van der Waals surface area contributed by atoms with E-state index in [1.807, 2.05) is 0 Å². The van der Waals surface area contributed by atoms with Gasteiger partial charge in [0.05, 0.1) is 0 Å². The lowest BCUT2D eigenvalue weighted by atomic mass is 10.4. The molecular weight excluding hydrogens is 182 g/mol. The molecule has 0 aliphatic heterocycles. The van der Waals surface area contributed by atoms with Crippen LogP contribution in [0.3, 0.4) is 0 Å². The Hall–Kier alpha value is -0.670. The van der Waals surface area contributed by atoms with Crippen LogP contribution in [0.15, 0.2) is 12.3 Å². The van der Waals surface area contributed by atoms with Gasteiger partial charge in [-0.2, -0.15) is 0 Å². The molecule has 1 heterocycles. The first-order valence-corrected chi connectivity index (χ1v) is 4.18. The van der Waals surface area contributed by atoms with Crippen LogP contribution in [0.2, 0.25) is 4.47 Å². The summed E-state index contributed by atoms with van der Waals surface area (Å²) in [5.41, 5.74) is 0. The lowest BCUT2D eigenvalue weighted by molar-refractivity contribution is -0.112. The number of rotatable bonds is 2. The maximum Gasteiger partial charge on any atom is 0.184 e. The first-order valence-electron chi connectivity index (χ1n) is 2.98. The highest BCUT2D eigenvalue weighted by molar-refractivity contribution is 7.16. The standard InChI is InChI=1S/C7H6ClNOS/c1-5(10)2-3-6-4-9-7(8)11-6/h2-4H,1H3/b3-2+. The maximum absolute atomic E-state index is 10.5. The van der Waals surface area contributed by atoms with Gasteiger partial charge >= 0.3 is 0 Å². The molecule has 0 atom stereocenters. The highest BCUT2D eigenvalue weighted by Crippen LogP contribution is 2.18. The second-order valence-corrected chi connectivity index (χ2v) is 3.60. The first-order chi connectivity index (χ1) is 5.18. The Balaban J connectivity index is 2.71. The van der Waals surface area contributed by atoms with Crippen molar-refractivity contribution in [3.05, 3.63) is 21.6 Å². The van der Waals surface area contributed by atoms with Gasteiger partial charge in [0.25, 0.3) is 0 Å². The van der Waals surface area contributed by atoms with E-state index in [-0.39, 0.29) is 5.78 Å². The van der Waals surface area contributed by atoms with Crippen molar-refractivity contribution in [1.29, 1.82) is 0 Å². The molecule has 1 aromatic rings.